The molecule has 1 fully saturated rings. The van der Waals surface area contributed by atoms with E-state index < -0.39 is 0 Å². The number of benzene rings is 2. The predicted octanol–water partition coefficient (Wildman–Crippen LogP) is 2.42. The van der Waals surface area contributed by atoms with Crippen molar-refractivity contribution in [3.63, 3.8) is 0 Å². The average Bonchev–Trinajstić information content (AvgIpc) is 2.92. The number of hydrogen-bond acceptors (Lipinski definition) is 4. The fourth-order valence-corrected chi connectivity index (χ4v) is 4.08. The molecule has 0 aliphatic carbocycles. The zero-order valence-electron chi connectivity index (χ0n) is 12.8. The number of fused-ring (bicyclic) bond motifs is 1. The molecule has 1 aliphatic rings. The summed E-state index contributed by atoms with van der Waals surface area (Å²) in [4.78, 5) is 14.1. The number of thioether (sulfide) groups is 1. The number of nitrogens with one attached hydrogen (secondary N) is 1. The molecule has 124 valence electrons. The van der Waals surface area contributed by atoms with Crippen LogP contribution in [-0.4, -0.2) is 47.9 Å². The van der Waals surface area contributed by atoms with Crippen LogP contribution in [0.3, 0.4) is 0 Å². The van der Waals surface area contributed by atoms with Gasteiger partial charge in [0, 0.05) is 19.6 Å². The van der Waals surface area contributed by atoms with E-state index in [1.807, 2.05) is 17.0 Å². The van der Waals surface area contributed by atoms with Gasteiger partial charge < -0.3 is 15.3 Å². The molecule has 2 aromatic carbocycles. The van der Waals surface area contributed by atoms with Crippen LogP contribution in [0.2, 0.25) is 0 Å². The van der Waals surface area contributed by atoms with Crippen LogP contribution in [0.4, 0.5) is 0 Å². The molecular formula is C17H21ClN2O2S. The molecule has 23 heavy (non-hydrogen) atoms. The van der Waals surface area contributed by atoms with Gasteiger partial charge in [0.25, 0.3) is 0 Å². The second-order valence-corrected chi connectivity index (χ2v) is 6.36. The minimum atomic E-state index is 0. The fraction of sp³-hybridized carbons (Fsp3) is 0.353. The highest BCUT2D eigenvalue weighted by atomic mass is 35.5. The summed E-state index contributed by atoms with van der Waals surface area (Å²) in [7, 11) is 0. The van der Waals surface area contributed by atoms with E-state index in [-0.39, 0.29) is 30.3 Å². The van der Waals surface area contributed by atoms with Gasteiger partial charge in [-0.1, -0.05) is 42.5 Å². The average molecular weight is 353 g/mol. The summed E-state index contributed by atoms with van der Waals surface area (Å²) in [5, 5.41) is 14.4. The van der Waals surface area contributed by atoms with Crippen LogP contribution in [0, 0.1) is 0 Å². The van der Waals surface area contributed by atoms with Crippen LogP contribution in [0.15, 0.2) is 42.5 Å². The number of carbonyl (C=O) groups excluding carboxylic acids is 1. The Hall–Kier alpha value is -1.27. The van der Waals surface area contributed by atoms with Gasteiger partial charge in [0.2, 0.25) is 5.91 Å². The maximum Gasteiger partial charge on any atom is 0.233 e. The summed E-state index contributed by atoms with van der Waals surface area (Å²) >= 11 is 1.69. The summed E-state index contributed by atoms with van der Waals surface area (Å²) in [5.41, 5.74) is 1.20. The van der Waals surface area contributed by atoms with E-state index in [0.29, 0.717) is 25.4 Å². The van der Waals surface area contributed by atoms with Gasteiger partial charge in [-0.05, 0) is 16.3 Å². The number of amides is 1. The molecule has 1 heterocycles. The Kier molecular flexibility index (Phi) is 6.72. The molecule has 0 aromatic heterocycles. The first-order valence-electron chi connectivity index (χ1n) is 7.51. The van der Waals surface area contributed by atoms with E-state index in [4.69, 9.17) is 5.11 Å². The third kappa shape index (κ3) is 3.98. The minimum Gasteiger partial charge on any atom is -0.395 e. The Morgan fingerprint density at radius 1 is 1.17 bits per heavy atom. The summed E-state index contributed by atoms with van der Waals surface area (Å²) < 4.78 is 0. The van der Waals surface area contributed by atoms with E-state index >= 15 is 0 Å². The van der Waals surface area contributed by atoms with Gasteiger partial charge in [-0.3, -0.25) is 4.79 Å². The molecule has 1 aliphatic heterocycles. The van der Waals surface area contributed by atoms with Crippen molar-refractivity contribution in [1.29, 1.82) is 0 Å². The minimum absolute atomic E-state index is 0. The lowest BCUT2D eigenvalue weighted by Crippen LogP contribution is -2.35. The highest BCUT2D eigenvalue weighted by Gasteiger charge is 2.33. The number of halogens is 1. The quantitative estimate of drug-likeness (QED) is 0.784. The van der Waals surface area contributed by atoms with E-state index in [1.165, 1.54) is 16.3 Å². The maximum atomic E-state index is 12.2. The Labute approximate surface area is 146 Å². The number of rotatable bonds is 6. The standard InChI is InChI=1S/C17H20N2O2S.ClH/c20-11-9-18-8-10-19-16(21)12-22-17(19)15-7-3-5-13-4-1-2-6-14(13)15;/h1-7,17-18,20H,8-12H2;1H. The number of nitrogens with zero attached hydrogens (tertiary/aromatic N) is 1. The Balaban J connectivity index is 0.00000192. The van der Waals surface area contributed by atoms with Gasteiger partial charge in [0.1, 0.15) is 5.37 Å². The number of hydrogen-bond donors (Lipinski definition) is 2. The molecule has 2 aromatic rings. The van der Waals surface area contributed by atoms with Crippen molar-refractivity contribution >= 4 is 40.8 Å². The first-order chi connectivity index (χ1) is 10.8. The third-order valence-electron chi connectivity index (χ3n) is 3.88. The zero-order chi connectivity index (χ0) is 15.4. The van der Waals surface area contributed by atoms with Crippen LogP contribution in [0.25, 0.3) is 10.8 Å². The van der Waals surface area contributed by atoms with Gasteiger partial charge in [-0.2, -0.15) is 0 Å². The van der Waals surface area contributed by atoms with E-state index in [2.05, 4.69) is 35.6 Å². The highest BCUT2D eigenvalue weighted by Crippen LogP contribution is 2.41. The first-order valence-corrected chi connectivity index (χ1v) is 8.56. The molecule has 1 amide bonds. The van der Waals surface area contributed by atoms with Crippen molar-refractivity contribution < 1.29 is 9.90 Å². The molecule has 1 unspecified atom stereocenters. The Morgan fingerprint density at radius 3 is 2.78 bits per heavy atom. The predicted molar refractivity (Wildman–Crippen MR) is 98.1 cm³/mol. The lowest BCUT2D eigenvalue weighted by Gasteiger charge is -2.25. The maximum absolute atomic E-state index is 12.2. The van der Waals surface area contributed by atoms with E-state index in [1.54, 1.807) is 11.8 Å². The molecule has 0 saturated carbocycles. The summed E-state index contributed by atoms with van der Waals surface area (Å²) in [6.07, 6.45) is 0. The molecular weight excluding hydrogens is 332 g/mol. The van der Waals surface area contributed by atoms with Crippen molar-refractivity contribution in [2.75, 3.05) is 32.0 Å². The van der Waals surface area contributed by atoms with Gasteiger partial charge in [0.15, 0.2) is 0 Å². The monoisotopic (exact) mass is 352 g/mol. The molecule has 6 heteroatoms. The molecule has 0 spiro atoms. The van der Waals surface area contributed by atoms with Crippen LogP contribution in [0.1, 0.15) is 10.9 Å². The molecule has 2 N–H and O–H groups in total. The Bertz CT molecular complexity index is 663. The van der Waals surface area contributed by atoms with Crippen molar-refractivity contribution in [1.82, 2.24) is 10.2 Å². The van der Waals surface area contributed by atoms with Crippen molar-refractivity contribution in [2.24, 2.45) is 0 Å². The smallest absolute Gasteiger partial charge is 0.233 e. The SMILES string of the molecule is Cl.O=C1CSC(c2cccc3ccccc23)N1CCNCCO. The van der Waals surface area contributed by atoms with Gasteiger partial charge in [-0.15, -0.1) is 24.2 Å². The van der Waals surface area contributed by atoms with Crippen LogP contribution in [0.5, 0.6) is 0 Å². The van der Waals surface area contributed by atoms with Gasteiger partial charge in [-0.25, -0.2) is 0 Å². The number of carbonyl (C=O) groups is 1. The zero-order valence-corrected chi connectivity index (χ0v) is 14.4. The second-order valence-electron chi connectivity index (χ2n) is 5.29. The molecule has 4 nitrogen and oxygen atoms in total. The highest BCUT2D eigenvalue weighted by molar-refractivity contribution is 8.00. The van der Waals surface area contributed by atoms with Crippen LogP contribution < -0.4 is 5.32 Å². The topological polar surface area (TPSA) is 52.6 Å². The van der Waals surface area contributed by atoms with Gasteiger partial charge >= 0.3 is 0 Å². The number of aliphatic hydroxyl groups is 1. The Morgan fingerprint density at radius 2 is 1.96 bits per heavy atom. The first kappa shape index (κ1) is 18.1. The normalized spacial score (nSPS) is 17.5. The molecule has 1 atom stereocenters. The number of aliphatic hydroxyl groups excluding tert-OH is 1. The molecule has 3 rings (SSSR count). The van der Waals surface area contributed by atoms with Crippen molar-refractivity contribution in [3.05, 3.63) is 48.0 Å². The van der Waals surface area contributed by atoms with Crippen LogP contribution in [-0.2, 0) is 4.79 Å². The third-order valence-corrected chi connectivity index (χ3v) is 5.11. The lowest BCUT2D eigenvalue weighted by atomic mass is 10.0. The lowest BCUT2D eigenvalue weighted by molar-refractivity contribution is -0.127. The van der Waals surface area contributed by atoms with Crippen molar-refractivity contribution in [3.8, 4) is 0 Å². The molecule has 1 saturated heterocycles. The fourth-order valence-electron chi connectivity index (χ4n) is 2.82. The van der Waals surface area contributed by atoms with Crippen LogP contribution >= 0.6 is 24.2 Å². The van der Waals surface area contributed by atoms with E-state index in [9.17, 15) is 4.79 Å². The summed E-state index contributed by atoms with van der Waals surface area (Å²) in [6, 6.07) is 14.6. The van der Waals surface area contributed by atoms with Gasteiger partial charge in [0.05, 0.1) is 12.4 Å². The molecule has 0 radical (unpaired) electrons. The summed E-state index contributed by atoms with van der Waals surface area (Å²) in [6.45, 7) is 2.05. The van der Waals surface area contributed by atoms with E-state index in [0.717, 1.165) is 0 Å². The second kappa shape index (κ2) is 8.55. The summed E-state index contributed by atoms with van der Waals surface area (Å²) in [5.74, 6) is 0.724. The van der Waals surface area contributed by atoms with Crippen molar-refractivity contribution in [2.45, 2.75) is 5.37 Å². The largest absolute Gasteiger partial charge is 0.395 e. The molecule has 0 bridgehead atoms.